The summed E-state index contributed by atoms with van der Waals surface area (Å²) in [7, 11) is 0. The minimum Gasteiger partial charge on any atom is -0.343 e. The van der Waals surface area contributed by atoms with E-state index in [1.807, 2.05) is 34.6 Å². The predicted octanol–water partition coefficient (Wildman–Crippen LogP) is 0.793. The number of ether oxygens (including phenoxy) is 5. The predicted molar refractivity (Wildman–Crippen MR) is 100 cm³/mol. The van der Waals surface area contributed by atoms with Gasteiger partial charge in [-0.1, -0.05) is 0 Å². The van der Waals surface area contributed by atoms with Gasteiger partial charge in [0, 0.05) is 18.6 Å². The Morgan fingerprint density at radius 2 is 1.75 bits per heavy atom. The van der Waals surface area contributed by atoms with Crippen LogP contribution in [0.15, 0.2) is 0 Å². The lowest BCUT2D eigenvalue weighted by molar-refractivity contribution is -0.290. The highest BCUT2D eigenvalue weighted by Crippen LogP contribution is 2.47. The molecular formula is C18H32N2O7S. The zero-order valence-corrected chi connectivity index (χ0v) is 18.1. The first kappa shape index (κ1) is 21.1. The minimum absolute atomic E-state index is 0.0306. The fourth-order valence-electron chi connectivity index (χ4n) is 4.30. The van der Waals surface area contributed by atoms with Crippen molar-refractivity contribution >= 4 is 11.3 Å². The molecule has 4 aliphatic heterocycles. The third kappa shape index (κ3) is 4.03. The van der Waals surface area contributed by atoms with Crippen LogP contribution in [0.25, 0.3) is 0 Å². The lowest BCUT2D eigenvalue weighted by atomic mass is 9.92. The van der Waals surface area contributed by atoms with Crippen molar-refractivity contribution in [2.45, 2.75) is 88.7 Å². The van der Waals surface area contributed by atoms with E-state index in [0.29, 0.717) is 13.1 Å². The Kier molecular flexibility index (Phi) is 5.22. The van der Waals surface area contributed by atoms with Crippen molar-refractivity contribution in [3.8, 4) is 0 Å². The van der Waals surface area contributed by atoms with Gasteiger partial charge in [0.2, 0.25) is 17.1 Å². The maximum absolute atomic E-state index is 12.7. The molecule has 9 nitrogen and oxygen atoms in total. The van der Waals surface area contributed by atoms with E-state index in [-0.39, 0.29) is 31.0 Å². The van der Waals surface area contributed by atoms with Crippen LogP contribution in [0, 0.1) is 0 Å². The van der Waals surface area contributed by atoms with Crippen molar-refractivity contribution in [3.05, 3.63) is 0 Å². The van der Waals surface area contributed by atoms with Gasteiger partial charge in [-0.05, 0) is 47.5 Å². The quantitative estimate of drug-likeness (QED) is 0.712. The Morgan fingerprint density at radius 3 is 2.43 bits per heavy atom. The molecule has 5 atom stereocenters. The van der Waals surface area contributed by atoms with E-state index in [9.17, 15) is 4.21 Å². The number of hydrogen-bond donors (Lipinski definition) is 1. The first-order valence-electron chi connectivity index (χ1n) is 9.87. The first-order chi connectivity index (χ1) is 12.9. The van der Waals surface area contributed by atoms with Gasteiger partial charge in [0.15, 0.2) is 11.6 Å². The fraction of sp³-hybridized carbons (Fsp3) is 1.00. The molecule has 4 aliphatic rings. The van der Waals surface area contributed by atoms with Gasteiger partial charge in [0.05, 0.1) is 6.61 Å². The largest absolute Gasteiger partial charge is 0.343 e. The van der Waals surface area contributed by atoms with E-state index < -0.39 is 34.7 Å². The molecule has 4 saturated heterocycles. The van der Waals surface area contributed by atoms with Crippen LogP contribution in [0.2, 0.25) is 0 Å². The molecular weight excluding hydrogens is 388 g/mol. The van der Waals surface area contributed by atoms with Gasteiger partial charge >= 0.3 is 0 Å². The van der Waals surface area contributed by atoms with E-state index in [4.69, 9.17) is 33.6 Å². The summed E-state index contributed by atoms with van der Waals surface area (Å²) >= 11 is -1.61. The molecule has 162 valence electrons. The average Bonchev–Trinajstić information content (AvgIpc) is 3.04. The molecule has 2 N–H and O–H groups in total. The summed E-state index contributed by atoms with van der Waals surface area (Å²) in [5, 5.41) is 0. The Balaban J connectivity index is 1.44. The summed E-state index contributed by atoms with van der Waals surface area (Å²) in [6.45, 7) is 10.9. The number of nitrogens with two attached hydrogens (primary N) is 1. The number of nitrogens with zero attached hydrogens (tertiary/aromatic N) is 1. The maximum Gasteiger partial charge on any atom is 0.237 e. The maximum atomic E-state index is 12.7. The van der Waals surface area contributed by atoms with Crippen molar-refractivity contribution in [2.24, 2.45) is 5.73 Å². The van der Waals surface area contributed by atoms with E-state index in [1.54, 1.807) is 4.31 Å². The monoisotopic (exact) mass is 420 g/mol. The van der Waals surface area contributed by atoms with Crippen molar-refractivity contribution in [1.82, 2.24) is 4.31 Å². The molecule has 0 spiro atoms. The van der Waals surface area contributed by atoms with Crippen LogP contribution in [0.3, 0.4) is 0 Å². The SMILES string of the molecule is CC1(N)CCN(S(=O)OC[C@@]23OC[C@H]4OC(C)(C)O[C@H]4[C@@H]2OC(C)(C)O3)CC1. The molecule has 0 aromatic carbocycles. The van der Waals surface area contributed by atoms with E-state index in [1.165, 1.54) is 0 Å². The highest BCUT2D eigenvalue weighted by atomic mass is 32.2. The highest BCUT2D eigenvalue weighted by Gasteiger charge is 2.65. The molecule has 4 rings (SSSR count). The van der Waals surface area contributed by atoms with Crippen molar-refractivity contribution < 1.29 is 32.1 Å². The van der Waals surface area contributed by atoms with Crippen molar-refractivity contribution in [1.29, 1.82) is 0 Å². The molecule has 10 heteroatoms. The molecule has 28 heavy (non-hydrogen) atoms. The molecule has 0 aromatic rings. The molecule has 4 heterocycles. The van der Waals surface area contributed by atoms with Crippen LogP contribution in [0.1, 0.15) is 47.5 Å². The van der Waals surface area contributed by atoms with E-state index in [0.717, 1.165) is 12.8 Å². The Hall–Kier alpha value is -0.170. The van der Waals surface area contributed by atoms with Crippen LogP contribution >= 0.6 is 0 Å². The normalized spacial score (nSPS) is 42.7. The summed E-state index contributed by atoms with van der Waals surface area (Å²) in [6.07, 6.45) is 0.385. The van der Waals surface area contributed by atoms with Gasteiger partial charge in [0.1, 0.15) is 24.9 Å². The topological polar surface area (TPSA) is 102 Å². The van der Waals surface area contributed by atoms with Gasteiger partial charge in [-0.3, -0.25) is 4.18 Å². The number of piperidine rings is 1. The molecule has 0 amide bonds. The molecule has 0 aliphatic carbocycles. The first-order valence-corrected chi connectivity index (χ1v) is 10.9. The van der Waals surface area contributed by atoms with E-state index in [2.05, 4.69) is 0 Å². The zero-order chi connectivity index (χ0) is 20.4. The third-order valence-corrected chi connectivity index (χ3v) is 6.82. The van der Waals surface area contributed by atoms with Gasteiger partial charge in [-0.15, -0.1) is 0 Å². The average molecular weight is 421 g/mol. The van der Waals surface area contributed by atoms with Gasteiger partial charge in [0.25, 0.3) is 0 Å². The summed E-state index contributed by atoms with van der Waals surface area (Å²) in [5.74, 6) is -2.80. The Labute approximate surface area is 168 Å². The van der Waals surface area contributed by atoms with Crippen LogP contribution < -0.4 is 5.73 Å². The van der Waals surface area contributed by atoms with Crippen LogP contribution in [-0.4, -0.2) is 76.0 Å². The minimum atomic E-state index is -1.61. The van der Waals surface area contributed by atoms with Gasteiger partial charge < -0.3 is 29.4 Å². The number of rotatable bonds is 4. The fourth-order valence-corrected chi connectivity index (χ4v) is 5.20. The number of fused-ring (bicyclic) bond motifs is 3. The second-order valence-corrected chi connectivity index (χ2v) is 10.6. The van der Waals surface area contributed by atoms with Crippen LogP contribution in [0.4, 0.5) is 0 Å². The number of hydrogen-bond acceptors (Lipinski definition) is 8. The smallest absolute Gasteiger partial charge is 0.237 e. The molecule has 0 bridgehead atoms. The lowest BCUT2D eigenvalue weighted by Crippen LogP contribution is -2.60. The van der Waals surface area contributed by atoms with Crippen molar-refractivity contribution in [3.63, 3.8) is 0 Å². The summed E-state index contributed by atoms with van der Waals surface area (Å²) in [5.41, 5.74) is 5.94. The molecule has 0 radical (unpaired) electrons. The standard InChI is InChI=1S/C18H32N2O7S/c1-15(2)24-12-10-22-18(14(13(12)25-15)26-16(3,4)27-18)11-23-28(21)20-8-6-17(5,19)7-9-20/h12-14H,6-11,19H2,1-5H3/t12-,13-,14+,18+,28?/m1/s1. The van der Waals surface area contributed by atoms with E-state index >= 15 is 0 Å². The summed E-state index contributed by atoms with van der Waals surface area (Å²) in [4.78, 5) is 0. The summed E-state index contributed by atoms with van der Waals surface area (Å²) in [6, 6.07) is 0. The van der Waals surface area contributed by atoms with Crippen LogP contribution in [-0.2, 0) is 39.1 Å². The van der Waals surface area contributed by atoms with Gasteiger partial charge in [-0.25, -0.2) is 8.51 Å². The zero-order valence-electron chi connectivity index (χ0n) is 17.3. The molecule has 4 fully saturated rings. The lowest BCUT2D eigenvalue weighted by Gasteiger charge is -2.40. The molecule has 0 saturated carbocycles. The van der Waals surface area contributed by atoms with Gasteiger partial charge in [-0.2, -0.15) is 0 Å². The molecule has 0 aromatic heterocycles. The van der Waals surface area contributed by atoms with Crippen molar-refractivity contribution in [2.75, 3.05) is 26.3 Å². The Morgan fingerprint density at radius 1 is 1.07 bits per heavy atom. The summed E-state index contributed by atoms with van der Waals surface area (Å²) < 4.78 is 50.4. The Bertz CT molecular complexity index is 633. The van der Waals surface area contributed by atoms with Crippen LogP contribution in [0.5, 0.6) is 0 Å². The molecule has 1 unspecified atom stereocenters. The third-order valence-electron chi connectivity index (χ3n) is 5.71. The second-order valence-electron chi connectivity index (χ2n) is 9.36. The second kappa shape index (κ2) is 6.93. The highest BCUT2D eigenvalue weighted by molar-refractivity contribution is 7.77.